The Balaban J connectivity index is 4.17. The Morgan fingerprint density at radius 2 is 1.16 bits per heavy atom. The minimum Gasteiger partial charge on any atom is -0.373 e. The van der Waals surface area contributed by atoms with Gasteiger partial charge in [-0.1, -0.05) is 0 Å². The lowest BCUT2D eigenvalue weighted by Gasteiger charge is -2.24. The second kappa shape index (κ2) is 7.27. The highest BCUT2D eigenvalue weighted by Crippen LogP contribution is 2.28. The summed E-state index contributed by atoms with van der Waals surface area (Å²) < 4.78 is 91.0. The molecule has 0 amide bonds. The van der Waals surface area contributed by atoms with Crippen molar-refractivity contribution in [3.05, 3.63) is 0 Å². The number of methoxy groups -OCH3 is 1. The normalized spacial score (nSPS) is 13.9. The van der Waals surface area contributed by atoms with Gasteiger partial charge in [0.15, 0.2) is 0 Å². The Morgan fingerprint density at radius 1 is 0.737 bits per heavy atom. The van der Waals surface area contributed by atoms with Gasteiger partial charge in [0, 0.05) is 13.7 Å². The molecule has 0 rings (SSSR count). The third kappa shape index (κ3) is 9.03. The van der Waals surface area contributed by atoms with Crippen molar-refractivity contribution in [2.75, 3.05) is 33.5 Å². The topological polar surface area (TPSA) is 36.9 Å². The molecular weight excluding hydrogens is 286 g/mol. The van der Waals surface area contributed by atoms with E-state index in [9.17, 15) is 26.3 Å². The molecule has 0 saturated carbocycles. The van der Waals surface area contributed by atoms with Crippen LogP contribution in [0.25, 0.3) is 0 Å². The van der Waals surface area contributed by atoms with Crippen LogP contribution in [0.2, 0.25) is 0 Å². The van der Waals surface area contributed by atoms with E-state index in [2.05, 4.69) is 18.9 Å². The second-order valence-corrected chi connectivity index (χ2v) is 3.35. The molecule has 0 radical (unpaired) electrons. The fourth-order valence-electron chi connectivity index (χ4n) is 0.846. The first kappa shape index (κ1) is 18.4. The number of alkyl halides is 6. The van der Waals surface area contributed by atoms with Crippen LogP contribution in [0.15, 0.2) is 0 Å². The van der Waals surface area contributed by atoms with Gasteiger partial charge in [0.25, 0.3) is 0 Å². The van der Waals surface area contributed by atoms with Gasteiger partial charge in [0.2, 0.25) is 0 Å². The molecule has 0 fully saturated rings. The lowest BCUT2D eigenvalue weighted by Crippen LogP contribution is -2.40. The molecule has 0 bridgehead atoms. The van der Waals surface area contributed by atoms with E-state index in [1.165, 1.54) is 6.92 Å². The molecule has 19 heavy (non-hydrogen) atoms. The molecule has 0 aromatic heterocycles. The maximum absolute atomic E-state index is 12.9. The van der Waals surface area contributed by atoms with E-state index in [0.29, 0.717) is 7.11 Å². The first-order valence-electron chi connectivity index (χ1n) is 5.08. The van der Waals surface area contributed by atoms with Crippen molar-refractivity contribution in [3.8, 4) is 0 Å². The highest BCUT2D eigenvalue weighted by atomic mass is 19.3. The molecule has 0 saturated heterocycles. The lowest BCUT2D eigenvalue weighted by atomic mass is 10.6. The summed E-state index contributed by atoms with van der Waals surface area (Å²) in [7, 11) is 0.633. The number of hydrogen-bond acceptors (Lipinski definition) is 4. The summed E-state index contributed by atoms with van der Waals surface area (Å²) in [6, 6.07) is 0. The Hall–Kier alpha value is -0.580. The Labute approximate surface area is 105 Å². The van der Waals surface area contributed by atoms with Crippen molar-refractivity contribution in [1.29, 1.82) is 0 Å². The summed E-state index contributed by atoms with van der Waals surface area (Å²) in [5.74, 6) is 0. The van der Waals surface area contributed by atoms with Crippen molar-refractivity contribution in [3.63, 3.8) is 0 Å². The summed E-state index contributed by atoms with van der Waals surface area (Å²) in [4.78, 5) is 0. The molecule has 4 nitrogen and oxygen atoms in total. The van der Waals surface area contributed by atoms with Gasteiger partial charge in [-0.05, 0) is 6.92 Å². The van der Waals surface area contributed by atoms with E-state index < -0.39 is 38.1 Å². The maximum atomic E-state index is 12.9. The largest absolute Gasteiger partial charge is 0.383 e. The second-order valence-electron chi connectivity index (χ2n) is 3.35. The highest BCUT2D eigenvalue weighted by molar-refractivity contribution is 4.59. The Morgan fingerprint density at radius 3 is 1.58 bits per heavy atom. The van der Waals surface area contributed by atoms with Gasteiger partial charge in [-0.2, -0.15) is 26.3 Å². The van der Waals surface area contributed by atoms with Crippen molar-refractivity contribution in [2.24, 2.45) is 0 Å². The van der Waals surface area contributed by atoms with Crippen LogP contribution in [-0.2, 0) is 18.9 Å². The van der Waals surface area contributed by atoms with E-state index in [-0.39, 0.29) is 6.61 Å². The van der Waals surface area contributed by atoms with E-state index in [0.717, 1.165) is 0 Å². The van der Waals surface area contributed by atoms with Crippen LogP contribution in [0, 0.1) is 0 Å². The smallest absolute Gasteiger partial charge is 0.373 e. The van der Waals surface area contributed by atoms with Gasteiger partial charge in [-0.25, -0.2) is 0 Å². The Bertz CT molecular complexity index is 261. The average Bonchev–Trinajstić information content (AvgIpc) is 2.24. The van der Waals surface area contributed by atoms with Crippen LogP contribution < -0.4 is 0 Å². The van der Waals surface area contributed by atoms with E-state index >= 15 is 0 Å². The third-order valence-electron chi connectivity index (χ3n) is 1.61. The number of rotatable bonds is 10. The number of hydrogen-bond donors (Lipinski definition) is 0. The predicted octanol–water partition coefficient (Wildman–Crippen LogP) is 2.48. The summed E-state index contributed by atoms with van der Waals surface area (Å²) in [5.41, 5.74) is 0. The first-order valence-corrected chi connectivity index (χ1v) is 5.08. The molecule has 0 unspecified atom stereocenters. The van der Waals surface area contributed by atoms with Gasteiger partial charge in [-0.15, -0.1) is 0 Å². The van der Waals surface area contributed by atoms with Crippen LogP contribution in [0.5, 0.6) is 0 Å². The molecule has 0 aromatic carbocycles. The zero-order valence-electron chi connectivity index (χ0n) is 10.2. The van der Waals surface area contributed by atoms with E-state index in [4.69, 9.17) is 0 Å². The first-order chi connectivity index (χ1) is 8.54. The number of ether oxygens (including phenoxy) is 4. The fraction of sp³-hybridized carbons (Fsp3) is 1.00. The molecular formula is C9H14F6O4. The number of halogens is 6. The monoisotopic (exact) mass is 300 g/mol. The molecule has 0 atom stereocenters. The van der Waals surface area contributed by atoms with Crippen LogP contribution in [0.4, 0.5) is 26.3 Å². The van der Waals surface area contributed by atoms with Crippen molar-refractivity contribution >= 4 is 0 Å². The molecule has 0 spiro atoms. The van der Waals surface area contributed by atoms with E-state index in [1.54, 1.807) is 0 Å². The van der Waals surface area contributed by atoms with Gasteiger partial charge in [0.05, 0.1) is 0 Å². The van der Waals surface area contributed by atoms with E-state index in [1.807, 2.05) is 0 Å². The van der Waals surface area contributed by atoms with Gasteiger partial charge >= 0.3 is 18.3 Å². The zero-order chi connectivity index (χ0) is 15.2. The summed E-state index contributed by atoms with van der Waals surface area (Å²) in [5, 5.41) is 0. The van der Waals surface area contributed by atoms with Crippen LogP contribution in [0.1, 0.15) is 6.92 Å². The highest BCUT2D eigenvalue weighted by Gasteiger charge is 2.45. The van der Waals surface area contributed by atoms with Gasteiger partial charge in [0.1, 0.15) is 19.8 Å². The van der Waals surface area contributed by atoms with Crippen molar-refractivity contribution < 1.29 is 45.3 Å². The predicted molar refractivity (Wildman–Crippen MR) is 50.2 cm³/mol. The van der Waals surface area contributed by atoms with Crippen molar-refractivity contribution in [2.45, 2.75) is 25.2 Å². The summed E-state index contributed by atoms with van der Waals surface area (Å²) in [6.07, 6.45) is -12.5. The molecule has 0 N–H and O–H groups in total. The lowest BCUT2D eigenvalue weighted by molar-refractivity contribution is -0.396. The minimum absolute atomic E-state index is 0.124. The van der Waals surface area contributed by atoms with Gasteiger partial charge < -0.3 is 14.2 Å². The fourth-order valence-corrected chi connectivity index (χ4v) is 0.846. The van der Waals surface area contributed by atoms with Gasteiger partial charge in [-0.3, -0.25) is 4.74 Å². The SMILES string of the molecule is CCOCC(F)(F)OC(F)(F)COCC(F)(F)OC. The molecule has 0 aliphatic rings. The van der Waals surface area contributed by atoms with Crippen LogP contribution in [-0.4, -0.2) is 51.9 Å². The molecule has 0 heterocycles. The van der Waals surface area contributed by atoms with Crippen molar-refractivity contribution in [1.82, 2.24) is 0 Å². The quantitative estimate of drug-likeness (QED) is 0.581. The Kier molecular flexibility index (Phi) is 7.05. The molecule has 116 valence electrons. The molecule has 10 heteroatoms. The third-order valence-corrected chi connectivity index (χ3v) is 1.61. The summed E-state index contributed by atoms with van der Waals surface area (Å²) in [6.45, 7) is -3.41. The van der Waals surface area contributed by atoms with Crippen LogP contribution >= 0.6 is 0 Å². The molecule has 0 aliphatic carbocycles. The molecule has 0 aliphatic heterocycles. The zero-order valence-corrected chi connectivity index (χ0v) is 10.2. The minimum atomic E-state index is -4.44. The molecule has 0 aromatic rings. The average molecular weight is 300 g/mol. The van der Waals surface area contributed by atoms with Crippen LogP contribution in [0.3, 0.4) is 0 Å². The standard InChI is InChI=1S/C9H14F6O4/c1-3-17-5-8(12,13)19-9(14,15)6-18-4-7(10,11)16-2/h3-6H2,1-2H3. The summed E-state index contributed by atoms with van der Waals surface area (Å²) >= 11 is 0. The maximum Gasteiger partial charge on any atom is 0.383 e.